The van der Waals surface area contributed by atoms with Gasteiger partial charge in [0.05, 0.1) is 15.9 Å². The molecule has 2 aromatic rings. The molecule has 4 heteroatoms. The number of fused-ring (bicyclic) bond motifs is 1. The van der Waals surface area contributed by atoms with Crippen molar-refractivity contribution in [3.05, 3.63) is 44.1 Å². The van der Waals surface area contributed by atoms with Gasteiger partial charge in [0.1, 0.15) is 0 Å². The van der Waals surface area contributed by atoms with Crippen molar-refractivity contribution in [1.29, 1.82) is 0 Å². The molecule has 0 saturated carbocycles. The van der Waals surface area contributed by atoms with Gasteiger partial charge in [-0.25, -0.2) is 0 Å². The zero-order valence-corrected chi connectivity index (χ0v) is 8.82. The lowest BCUT2D eigenvalue weighted by molar-refractivity contribution is 1.39. The number of hydrogen-bond donors (Lipinski definition) is 1. The highest BCUT2D eigenvalue weighted by molar-refractivity contribution is 9.10. The Balaban J connectivity index is 3.09. The quantitative estimate of drug-likeness (QED) is 0.774. The summed E-state index contributed by atoms with van der Waals surface area (Å²) in [5, 5.41) is 1.14. The lowest BCUT2D eigenvalue weighted by atomic mass is 10.2. The van der Waals surface area contributed by atoms with Crippen LogP contribution >= 0.6 is 27.5 Å². The Hall–Kier alpha value is -0.800. The van der Waals surface area contributed by atoms with Gasteiger partial charge in [-0.1, -0.05) is 11.6 Å². The molecule has 0 saturated heterocycles. The second-order valence-corrected chi connectivity index (χ2v) is 3.88. The molecular formula is C9H5BrClNO. The highest BCUT2D eigenvalue weighted by Gasteiger charge is 2.05. The van der Waals surface area contributed by atoms with E-state index in [1.807, 2.05) is 0 Å². The smallest absolute Gasteiger partial charge is 0.190 e. The highest BCUT2D eigenvalue weighted by Crippen LogP contribution is 2.25. The van der Waals surface area contributed by atoms with Crippen molar-refractivity contribution in [3.63, 3.8) is 0 Å². The fourth-order valence-corrected chi connectivity index (χ4v) is 1.96. The van der Waals surface area contributed by atoms with Crippen LogP contribution < -0.4 is 5.43 Å². The average Bonchev–Trinajstić information content (AvgIpc) is 2.12. The van der Waals surface area contributed by atoms with Gasteiger partial charge in [0.15, 0.2) is 5.43 Å². The van der Waals surface area contributed by atoms with Crippen LogP contribution in [0.2, 0.25) is 5.02 Å². The molecule has 0 atom stereocenters. The third-order valence-corrected chi connectivity index (χ3v) is 2.79. The van der Waals surface area contributed by atoms with Crippen molar-refractivity contribution in [2.45, 2.75) is 0 Å². The summed E-state index contributed by atoms with van der Waals surface area (Å²) < 4.78 is 0.758. The van der Waals surface area contributed by atoms with Crippen molar-refractivity contribution in [2.75, 3.05) is 0 Å². The van der Waals surface area contributed by atoms with E-state index in [-0.39, 0.29) is 5.43 Å². The number of aromatic amines is 1. The Labute approximate surface area is 87.7 Å². The summed E-state index contributed by atoms with van der Waals surface area (Å²) in [5.41, 5.74) is 0.631. The second-order valence-electron chi connectivity index (χ2n) is 2.62. The predicted molar refractivity (Wildman–Crippen MR) is 57.3 cm³/mol. The molecule has 1 heterocycles. The van der Waals surface area contributed by atoms with E-state index >= 15 is 0 Å². The summed E-state index contributed by atoms with van der Waals surface area (Å²) in [6, 6.07) is 4.98. The molecule has 1 aromatic heterocycles. The minimum absolute atomic E-state index is 0.0388. The van der Waals surface area contributed by atoms with Gasteiger partial charge in [-0.3, -0.25) is 4.79 Å². The normalized spacial score (nSPS) is 10.6. The largest absolute Gasteiger partial charge is 0.360 e. The number of aromatic nitrogens is 1. The topological polar surface area (TPSA) is 32.9 Å². The third-order valence-electron chi connectivity index (χ3n) is 1.81. The molecule has 66 valence electrons. The van der Waals surface area contributed by atoms with Gasteiger partial charge < -0.3 is 4.98 Å². The Bertz CT molecular complexity index is 520. The Morgan fingerprint density at radius 2 is 2.08 bits per heavy atom. The number of H-pyrrole nitrogens is 1. The lowest BCUT2D eigenvalue weighted by Crippen LogP contribution is -2.00. The van der Waals surface area contributed by atoms with Gasteiger partial charge in [-0.05, 0) is 28.1 Å². The van der Waals surface area contributed by atoms with E-state index in [2.05, 4.69) is 20.9 Å². The summed E-state index contributed by atoms with van der Waals surface area (Å²) in [6.45, 7) is 0. The van der Waals surface area contributed by atoms with E-state index in [1.54, 1.807) is 18.3 Å². The van der Waals surface area contributed by atoms with E-state index < -0.39 is 0 Å². The maximum atomic E-state index is 11.4. The molecule has 0 amide bonds. The van der Waals surface area contributed by atoms with Crippen LogP contribution in [0.15, 0.2) is 33.7 Å². The number of halogens is 2. The molecule has 0 unspecified atom stereocenters. The van der Waals surface area contributed by atoms with Crippen LogP contribution in [0.25, 0.3) is 10.9 Å². The highest BCUT2D eigenvalue weighted by atomic mass is 79.9. The molecule has 0 spiro atoms. The molecule has 0 fully saturated rings. The average molecular weight is 259 g/mol. The van der Waals surface area contributed by atoms with Gasteiger partial charge in [0.2, 0.25) is 0 Å². The number of benzene rings is 1. The first-order valence-electron chi connectivity index (χ1n) is 3.65. The number of nitrogens with one attached hydrogen (secondary N) is 1. The molecule has 2 rings (SSSR count). The molecule has 1 aromatic carbocycles. The van der Waals surface area contributed by atoms with Gasteiger partial charge in [0, 0.05) is 16.7 Å². The van der Waals surface area contributed by atoms with Crippen molar-refractivity contribution in [1.82, 2.24) is 4.98 Å². The van der Waals surface area contributed by atoms with Crippen LogP contribution in [-0.2, 0) is 0 Å². The van der Waals surface area contributed by atoms with E-state index in [9.17, 15) is 4.79 Å². The minimum Gasteiger partial charge on any atom is -0.360 e. The number of hydrogen-bond acceptors (Lipinski definition) is 1. The third kappa shape index (κ3) is 1.38. The molecule has 1 N–H and O–H groups in total. The van der Waals surface area contributed by atoms with Crippen molar-refractivity contribution < 1.29 is 0 Å². The lowest BCUT2D eigenvalue weighted by Gasteiger charge is -2.00. The van der Waals surface area contributed by atoms with Crippen LogP contribution in [0.4, 0.5) is 0 Å². The zero-order valence-electron chi connectivity index (χ0n) is 6.47. The zero-order chi connectivity index (χ0) is 9.42. The molecule has 0 aliphatic heterocycles. The molecule has 0 aliphatic carbocycles. The van der Waals surface area contributed by atoms with E-state index in [0.29, 0.717) is 15.9 Å². The maximum Gasteiger partial charge on any atom is 0.190 e. The van der Waals surface area contributed by atoms with Crippen molar-refractivity contribution >= 4 is 38.4 Å². The molecule has 0 bridgehead atoms. The predicted octanol–water partition coefficient (Wildman–Crippen LogP) is 2.94. The molecular weight excluding hydrogens is 253 g/mol. The van der Waals surface area contributed by atoms with Gasteiger partial charge in [-0.2, -0.15) is 0 Å². The summed E-state index contributed by atoms with van der Waals surface area (Å²) in [6.07, 6.45) is 1.59. The van der Waals surface area contributed by atoms with Crippen molar-refractivity contribution in [3.8, 4) is 0 Å². The Kier molecular flexibility index (Phi) is 2.14. The standard InChI is InChI=1S/C9H5BrClNO/c10-5-1-2-6(11)9-8(5)7(13)3-4-12-9/h1-4H,(H,12,13). The molecule has 0 radical (unpaired) electrons. The van der Waals surface area contributed by atoms with Gasteiger partial charge in [0.25, 0.3) is 0 Å². The Morgan fingerprint density at radius 3 is 2.77 bits per heavy atom. The van der Waals surface area contributed by atoms with Crippen LogP contribution in [-0.4, -0.2) is 4.98 Å². The SMILES string of the molecule is O=c1cc[nH]c2c(Cl)ccc(Br)c12. The fraction of sp³-hybridized carbons (Fsp3) is 0. The first-order valence-corrected chi connectivity index (χ1v) is 4.82. The van der Waals surface area contributed by atoms with Gasteiger partial charge >= 0.3 is 0 Å². The summed E-state index contributed by atoms with van der Waals surface area (Å²) >= 11 is 9.21. The Morgan fingerprint density at radius 1 is 1.31 bits per heavy atom. The van der Waals surface area contributed by atoms with E-state index in [1.165, 1.54) is 6.07 Å². The van der Waals surface area contributed by atoms with Gasteiger partial charge in [-0.15, -0.1) is 0 Å². The second kappa shape index (κ2) is 3.16. The summed E-state index contributed by atoms with van der Waals surface area (Å²) in [4.78, 5) is 14.4. The molecule has 13 heavy (non-hydrogen) atoms. The van der Waals surface area contributed by atoms with Crippen LogP contribution in [0.1, 0.15) is 0 Å². The molecule has 2 nitrogen and oxygen atoms in total. The minimum atomic E-state index is -0.0388. The number of rotatable bonds is 0. The first-order chi connectivity index (χ1) is 6.20. The first kappa shape index (κ1) is 8.78. The fourth-order valence-electron chi connectivity index (χ4n) is 1.22. The summed E-state index contributed by atoms with van der Waals surface area (Å²) in [5.74, 6) is 0. The van der Waals surface area contributed by atoms with Crippen molar-refractivity contribution in [2.24, 2.45) is 0 Å². The van der Waals surface area contributed by atoms with E-state index in [0.717, 1.165) is 4.47 Å². The molecule has 0 aliphatic rings. The monoisotopic (exact) mass is 257 g/mol. The van der Waals surface area contributed by atoms with Crippen LogP contribution in [0.3, 0.4) is 0 Å². The van der Waals surface area contributed by atoms with Crippen LogP contribution in [0.5, 0.6) is 0 Å². The van der Waals surface area contributed by atoms with Crippen LogP contribution in [0, 0.1) is 0 Å². The number of pyridine rings is 1. The maximum absolute atomic E-state index is 11.4. The summed E-state index contributed by atoms with van der Waals surface area (Å²) in [7, 11) is 0. The van der Waals surface area contributed by atoms with E-state index in [4.69, 9.17) is 11.6 Å².